The van der Waals surface area contributed by atoms with Crippen LogP contribution < -0.4 is 0 Å². The second kappa shape index (κ2) is 14.8. The van der Waals surface area contributed by atoms with Gasteiger partial charge >= 0.3 is 11.9 Å². The number of ether oxygens (including phenoxy) is 2. The number of unbranched alkanes of at least 4 members (excludes halogenated alkanes) is 6. The summed E-state index contributed by atoms with van der Waals surface area (Å²) in [4.78, 5) is 22.4. The van der Waals surface area contributed by atoms with Crippen LogP contribution in [0.5, 0.6) is 0 Å². The lowest BCUT2D eigenvalue weighted by molar-refractivity contribution is -0.143. The minimum atomic E-state index is -0.145. The molecule has 0 fully saturated rings. The molecule has 0 aromatic rings. The summed E-state index contributed by atoms with van der Waals surface area (Å²) in [5.74, 6) is -0.291. The first-order chi connectivity index (χ1) is 10.2. The summed E-state index contributed by atoms with van der Waals surface area (Å²) in [6.07, 6.45) is 11.4. The Morgan fingerprint density at radius 1 is 0.667 bits per heavy atom. The van der Waals surface area contributed by atoms with Crippen molar-refractivity contribution in [1.29, 1.82) is 0 Å². The molecule has 0 heterocycles. The third-order valence-electron chi connectivity index (χ3n) is 2.99. The number of rotatable bonds is 14. The smallest absolute Gasteiger partial charge is 0.306 e. The fourth-order valence-electron chi connectivity index (χ4n) is 1.87. The van der Waals surface area contributed by atoms with Gasteiger partial charge in [0.2, 0.25) is 0 Å². The first-order valence-electron chi connectivity index (χ1n) is 7.73. The Bertz CT molecular complexity index is 280. The van der Waals surface area contributed by atoms with Gasteiger partial charge in [-0.25, -0.2) is 0 Å². The van der Waals surface area contributed by atoms with E-state index in [4.69, 9.17) is 9.47 Å². The van der Waals surface area contributed by atoms with Gasteiger partial charge in [-0.05, 0) is 12.8 Å². The predicted octanol–water partition coefficient (Wildman–Crippen LogP) is 3.96. The Morgan fingerprint density at radius 2 is 1.00 bits per heavy atom. The lowest BCUT2D eigenvalue weighted by Gasteiger charge is -2.03. The zero-order chi connectivity index (χ0) is 15.8. The molecular formula is C17H28O4. The highest BCUT2D eigenvalue weighted by Crippen LogP contribution is 2.10. The van der Waals surface area contributed by atoms with Gasteiger partial charge in [0.15, 0.2) is 0 Å². The van der Waals surface area contributed by atoms with Gasteiger partial charge in [-0.3, -0.25) is 9.59 Å². The van der Waals surface area contributed by atoms with Crippen molar-refractivity contribution in [3.8, 4) is 0 Å². The highest BCUT2D eigenvalue weighted by molar-refractivity contribution is 5.69. The molecule has 4 heteroatoms. The summed E-state index contributed by atoms with van der Waals surface area (Å²) < 4.78 is 9.79. The van der Waals surface area contributed by atoms with E-state index in [0.29, 0.717) is 26.1 Å². The van der Waals surface area contributed by atoms with Gasteiger partial charge in [0, 0.05) is 12.8 Å². The molecule has 0 aliphatic rings. The fourth-order valence-corrected chi connectivity index (χ4v) is 1.87. The van der Waals surface area contributed by atoms with E-state index in [2.05, 4.69) is 13.2 Å². The third-order valence-corrected chi connectivity index (χ3v) is 2.99. The van der Waals surface area contributed by atoms with Crippen LogP contribution in [0.3, 0.4) is 0 Å². The molecule has 0 N–H and O–H groups in total. The van der Waals surface area contributed by atoms with Crippen molar-refractivity contribution < 1.29 is 19.1 Å². The molecule has 0 aromatic carbocycles. The number of hydrogen-bond donors (Lipinski definition) is 0. The standard InChI is InChI=1S/C17H28O4/c1-3-14-20-16(18)12-10-8-6-5-7-9-11-13-17(19)21-15-4-2/h3-4H,1-2,5-15H2. The van der Waals surface area contributed by atoms with Crippen molar-refractivity contribution in [2.24, 2.45) is 0 Å². The zero-order valence-corrected chi connectivity index (χ0v) is 13.0. The van der Waals surface area contributed by atoms with Crippen molar-refractivity contribution in [2.45, 2.75) is 57.8 Å². The topological polar surface area (TPSA) is 52.6 Å². The van der Waals surface area contributed by atoms with Crippen molar-refractivity contribution in [2.75, 3.05) is 13.2 Å². The van der Waals surface area contributed by atoms with E-state index < -0.39 is 0 Å². The Labute approximate surface area is 128 Å². The van der Waals surface area contributed by atoms with Crippen LogP contribution in [-0.2, 0) is 19.1 Å². The lowest BCUT2D eigenvalue weighted by Crippen LogP contribution is -2.04. The molecule has 0 atom stereocenters. The van der Waals surface area contributed by atoms with Crippen LogP contribution in [0.25, 0.3) is 0 Å². The molecule has 120 valence electrons. The summed E-state index contributed by atoms with van der Waals surface area (Å²) in [5.41, 5.74) is 0. The highest BCUT2D eigenvalue weighted by Gasteiger charge is 2.02. The Kier molecular flexibility index (Phi) is 13.7. The fraction of sp³-hybridized carbons (Fsp3) is 0.647. The molecule has 21 heavy (non-hydrogen) atoms. The summed E-state index contributed by atoms with van der Waals surface area (Å²) in [7, 11) is 0. The third kappa shape index (κ3) is 14.6. The van der Waals surface area contributed by atoms with Crippen LogP contribution >= 0.6 is 0 Å². The van der Waals surface area contributed by atoms with Crippen molar-refractivity contribution in [1.82, 2.24) is 0 Å². The van der Waals surface area contributed by atoms with E-state index in [9.17, 15) is 9.59 Å². The van der Waals surface area contributed by atoms with Gasteiger partial charge in [-0.2, -0.15) is 0 Å². The molecule has 0 rings (SSSR count). The number of carbonyl (C=O) groups is 2. The summed E-state index contributed by atoms with van der Waals surface area (Å²) in [6.45, 7) is 7.59. The maximum atomic E-state index is 11.2. The van der Waals surface area contributed by atoms with Crippen LogP contribution in [0, 0.1) is 0 Å². The number of carbonyl (C=O) groups excluding carboxylic acids is 2. The van der Waals surface area contributed by atoms with E-state index >= 15 is 0 Å². The van der Waals surface area contributed by atoms with Gasteiger partial charge in [0.1, 0.15) is 13.2 Å². The average molecular weight is 296 g/mol. The van der Waals surface area contributed by atoms with Crippen LogP contribution in [0.15, 0.2) is 25.3 Å². The van der Waals surface area contributed by atoms with Gasteiger partial charge < -0.3 is 9.47 Å². The zero-order valence-electron chi connectivity index (χ0n) is 13.0. The minimum absolute atomic E-state index is 0.145. The largest absolute Gasteiger partial charge is 0.461 e. The number of hydrogen-bond acceptors (Lipinski definition) is 4. The quantitative estimate of drug-likeness (QED) is 0.277. The second-order valence-corrected chi connectivity index (χ2v) is 4.92. The average Bonchev–Trinajstić information content (AvgIpc) is 2.49. The van der Waals surface area contributed by atoms with Crippen LogP contribution in [0.4, 0.5) is 0 Å². The SMILES string of the molecule is C=CCOC(=O)CCCCCCCCCC(=O)OCC=C. The second-order valence-electron chi connectivity index (χ2n) is 4.92. The van der Waals surface area contributed by atoms with Gasteiger partial charge in [0.25, 0.3) is 0 Å². The van der Waals surface area contributed by atoms with E-state index in [1.165, 1.54) is 0 Å². The predicted molar refractivity (Wildman–Crippen MR) is 83.9 cm³/mol. The molecule has 0 bridgehead atoms. The summed E-state index contributed by atoms with van der Waals surface area (Å²) in [6, 6.07) is 0. The lowest BCUT2D eigenvalue weighted by atomic mass is 10.1. The van der Waals surface area contributed by atoms with E-state index in [-0.39, 0.29) is 11.9 Å². The molecule has 0 spiro atoms. The first kappa shape index (κ1) is 19.4. The summed E-state index contributed by atoms with van der Waals surface area (Å²) in [5, 5.41) is 0. The minimum Gasteiger partial charge on any atom is -0.461 e. The molecular weight excluding hydrogens is 268 g/mol. The van der Waals surface area contributed by atoms with E-state index in [0.717, 1.165) is 44.9 Å². The maximum Gasteiger partial charge on any atom is 0.306 e. The monoisotopic (exact) mass is 296 g/mol. The van der Waals surface area contributed by atoms with Gasteiger partial charge in [-0.1, -0.05) is 57.4 Å². The highest BCUT2D eigenvalue weighted by atomic mass is 16.5. The van der Waals surface area contributed by atoms with Crippen LogP contribution in [0.2, 0.25) is 0 Å². The van der Waals surface area contributed by atoms with E-state index in [1.54, 1.807) is 12.2 Å². The van der Waals surface area contributed by atoms with Gasteiger partial charge in [0.05, 0.1) is 0 Å². The van der Waals surface area contributed by atoms with Crippen molar-refractivity contribution in [3.63, 3.8) is 0 Å². The first-order valence-corrected chi connectivity index (χ1v) is 7.73. The van der Waals surface area contributed by atoms with Crippen molar-refractivity contribution >= 4 is 11.9 Å². The summed E-state index contributed by atoms with van der Waals surface area (Å²) >= 11 is 0. The molecule has 0 amide bonds. The molecule has 0 unspecified atom stereocenters. The Balaban J connectivity index is 3.22. The van der Waals surface area contributed by atoms with E-state index in [1.807, 2.05) is 0 Å². The Hall–Kier alpha value is -1.58. The maximum absolute atomic E-state index is 11.2. The molecule has 0 aliphatic heterocycles. The molecule has 0 saturated carbocycles. The van der Waals surface area contributed by atoms with Crippen LogP contribution in [0.1, 0.15) is 57.8 Å². The van der Waals surface area contributed by atoms with Crippen molar-refractivity contribution in [3.05, 3.63) is 25.3 Å². The molecule has 0 aliphatic carbocycles. The normalized spacial score (nSPS) is 9.90. The number of esters is 2. The molecule has 0 saturated heterocycles. The van der Waals surface area contributed by atoms with Gasteiger partial charge in [-0.15, -0.1) is 0 Å². The molecule has 0 aromatic heterocycles. The molecule has 0 radical (unpaired) electrons. The Morgan fingerprint density at radius 3 is 1.33 bits per heavy atom. The molecule has 4 nitrogen and oxygen atoms in total. The van der Waals surface area contributed by atoms with Crippen LogP contribution in [-0.4, -0.2) is 25.2 Å².